The molecule has 2 aromatic carbocycles. The van der Waals surface area contributed by atoms with E-state index < -0.39 is 0 Å². The summed E-state index contributed by atoms with van der Waals surface area (Å²) < 4.78 is 1.02. The highest BCUT2D eigenvalue weighted by Crippen LogP contribution is 2.25. The van der Waals surface area contributed by atoms with Crippen molar-refractivity contribution >= 4 is 45.2 Å². The molecule has 0 spiro atoms. The lowest BCUT2D eigenvalue weighted by atomic mass is 10.1. The minimum atomic E-state index is -0.188. The van der Waals surface area contributed by atoms with Gasteiger partial charge in [0.1, 0.15) is 0 Å². The average molecular weight is 435 g/mol. The van der Waals surface area contributed by atoms with Gasteiger partial charge in [0.15, 0.2) is 0 Å². The molecule has 1 N–H and O–H groups in total. The third-order valence-corrected chi connectivity index (χ3v) is 5.62. The van der Waals surface area contributed by atoms with E-state index in [1.807, 2.05) is 56.3 Å². The van der Waals surface area contributed by atoms with E-state index in [-0.39, 0.29) is 18.4 Å². The highest BCUT2D eigenvalue weighted by Gasteiger charge is 2.14. The maximum Gasteiger partial charge on any atom is 0.243 e. The van der Waals surface area contributed by atoms with Crippen LogP contribution in [0, 0.1) is 6.92 Å². The topological polar surface area (TPSA) is 49.4 Å². The second kappa shape index (κ2) is 9.78. The highest BCUT2D eigenvalue weighted by molar-refractivity contribution is 9.10. The number of hydrogen-bond donors (Lipinski definition) is 1. The molecule has 2 amide bonds. The zero-order valence-corrected chi connectivity index (χ0v) is 17.6. The van der Waals surface area contributed by atoms with Crippen molar-refractivity contribution < 1.29 is 9.59 Å². The second-order valence-corrected chi connectivity index (χ2v) is 7.94. The van der Waals surface area contributed by atoms with Gasteiger partial charge in [0.05, 0.1) is 12.3 Å². The van der Waals surface area contributed by atoms with Crippen LogP contribution >= 0.6 is 27.7 Å². The van der Waals surface area contributed by atoms with Crippen molar-refractivity contribution in [2.45, 2.75) is 25.2 Å². The number of nitrogens with zero attached hydrogens (tertiary/aromatic N) is 1. The fourth-order valence-corrected chi connectivity index (χ4v) is 3.89. The predicted molar refractivity (Wildman–Crippen MR) is 112 cm³/mol. The molecule has 26 heavy (non-hydrogen) atoms. The van der Waals surface area contributed by atoms with Crippen LogP contribution in [0.5, 0.6) is 0 Å². The molecule has 4 nitrogen and oxygen atoms in total. The Morgan fingerprint density at radius 3 is 2.62 bits per heavy atom. The van der Waals surface area contributed by atoms with Crippen molar-refractivity contribution in [2.75, 3.05) is 24.7 Å². The van der Waals surface area contributed by atoms with E-state index in [0.29, 0.717) is 5.75 Å². The molecule has 0 saturated heterocycles. The highest BCUT2D eigenvalue weighted by atomic mass is 79.9. The van der Waals surface area contributed by atoms with E-state index in [0.717, 1.165) is 32.6 Å². The molecule has 0 radical (unpaired) electrons. The van der Waals surface area contributed by atoms with Gasteiger partial charge in [-0.2, -0.15) is 0 Å². The quantitative estimate of drug-likeness (QED) is 0.652. The van der Waals surface area contributed by atoms with Gasteiger partial charge < -0.3 is 10.2 Å². The number of nitrogens with one attached hydrogen (secondary N) is 1. The Hall–Kier alpha value is -1.79. The Morgan fingerprint density at radius 1 is 1.19 bits per heavy atom. The number of amides is 2. The number of thioether (sulfide) groups is 1. The largest absolute Gasteiger partial charge is 0.336 e. The number of likely N-dealkylation sites (N-methyl/N-ethyl adjacent to an activating group) is 1. The molecule has 0 aromatic heterocycles. The maximum absolute atomic E-state index is 12.3. The van der Waals surface area contributed by atoms with Crippen LogP contribution in [0.1, 0.15) is 18.1 Å². The van der Waals surface area contributed by atoms with Crippen molar-refractivity contribution in [1.82, 2.24) is 4.90 Å². The van der Waals surface area contributed by atoms with Crippen molar-refractivity contribution in [1.29, 1.82) is 0 Å². The minimum Gasteiger partial charge on any atom is -0.336 e. The molecule has 0 unspecified atom stereocenters. The molecule has 2 rings (SSSR count). The van der Waals surface area contributed by atoms with Crippen LogP contribution < -0.4 is 5.32 Å². The van der Waals surface area contributed by atoms with Crippen LogP contribution in [-0.2, 0) is 16.0 Å². The third-order valence-electron chi connectivity index (χ3n) is 3.97. The first kappa shape index (κ1) is 20.5. The SMILES string of the molecule is CCc1ccccc1NC(=O)CN(C)C(=O)CSc1ccc(Br)cc1C. The molecule has 2 aromatic rings. The summed E-state index contributed by atoms with van der Waals surface area (Å²) in [6, 6.07) is 13.7. The normalized spacial score (nSPS) is 10.5. The van der Waals surface area contributed by atoms with Crippen LogP contribution in [0.4, 0.5) is 5.69 Å². The second-order valence-electron chi connectivity index (χ2n) is 6.01. The number of hydrogen-bond acceptors (Lipinski definition) is 3. The Balaban J connectivity index is 1.87. The fourth-order valence-electron chi connectivity index (χ4n) is 2.47. The molecular weight excluding hydrogens is 412 g/mol. The number of benzene rings is 2. The van der Waals surface area contributed by atoms with Crippen molar-refractivity contribution in [3.63, 3.8) is 0 Å². The first-order valence-electron chi connectivity index (χ1n) is 8.41. The Kier molecular flexibility index (Phi) is 7.72. The molecule has 0 aliphatic carbocycles. The summed E-state index contributed by atoms with van der Waals surface area (Å²) >= 11 is 4.92. The van der Waals surface area contributed by atoms with Crippen LogP contribution in [0.15, 0.2) is 51.8 Å². The fraction of sp³-hybridized carbons (Fsp3) is 0.300. The van der Waals surface area contributed by atoms with Crippen molar-refractivity contribution in [3.05, 3.63) is 58.1 Å². The number of anilines is 1. The Morgan fingerprint density at radius 2 is 1.92 bits per heavy atom. The van der Waals surface area contributed by atoms with E-state index >= 15 is 0 Å². The van der Waals surface area contributed by atoms with Crippen LogP contribution in [-0.4, -0.2) is 36.1 Å². The average Bonchev–Trinajstić information content (AvgIpc) is 2.61. The molecule has 138 valence electrons. The number of carbonyl (C=O) groups excluding carboxylic acids is 2. The summed E-state index contributed by atoms with van der Waals surface area (Å²) in [6.07, 6.45) is 0.842. The molecule has 0 atom stereocenters. The molecule has 0 aliphatic heterocycles. The Labute approximate surface area is 167 Å². The zero-order valence-electron chi connectivity index (χ0n) is 15.2. The van der Waals surface area contributed by atoms with Crippen molar-refractivity contribution in [3.8, 4) is 0 Å². The predicted octanol–water partition coefficient (Wildman–Crippen LogP) is 4.51. The first-order chi connectivity index (χ1) is 12.4. The van der Waals surface area contributed by atoms with Gasteiger partial charge in [-0.05, 0) is 48.7 Å². The molecule has 0 fully saturated rings. The van der Waals surface area contributed by atoms with E-state index in [1.165, 1.54) is 16.7 Å². The zero-order chi connectivity index (χ0) is 19.1. The smallest absolute Gasteiger partial charge is 0.243 e. The lowest BCUT2D eigenvalue weighted by molar-refractivity contribution is -0.131. The molecule has 0 heterocycles. The summed E-state index contributed by atoms with van der Waals surface area (Å²) in [5, 5.41) is 2.89. The number of carbonyl (C=O) groups is 2. The lowest BCUT2D eigenvalue weighted by Crippen LogP contribution is -2.36. The van der Waals surface area contributed by atoms with Crippen LogP contribution in [0.3, 0.4) is 0 Å². The van der Waals surface area contributed by atoms with Gasteiger partial charge in [-0.3, -0.25) is 9.59 Å². The summed E-state index contributed by atoms with van der Waals surface area (Å²) in [7, 11) is 1.66. The van der Waals surface area contributed by atoms with Gasteiger partial charge >= 0.3 is 0 Å². The number of halogens is 1. The van der Waals surface area contributed by atoms with Crippen molar-refractivity contribution in [2.24, 2.45) is 0 Å². The first-order valence-corrected chi connectivity index (χ1v) is 10.2. The summed E-state index contributed by atoms with van der Waals surface area (Å²) in [6.45, 7) is 4.10. The molecule has 0 bridgehead atoms. The monoisotopic (exact) mass is 434 g/mol. The van der Waals surface area contributed by atoms with Gasteiger partial charge in [0, 0.05) is 22.1 Å². The van der Waals surface area contributed by atoms with Gasteiger partial charge in [-0.15, -0.1) is 11.8 Å². The molecule has 6 heteroatoms. The van der Waals surface area contributed by atoms with E-state index in [9.17, 15) is 9.59 Å². The standard InChI is InChI=1S/C20H23BrN2O2S/c1-4-15-7-5-6-8-17(15)22-19(24)12-23(3)20(25)13-26-18-10-9-16(21)11-14(18)2/h5-11H,4,12-13H2,1-3H3,(H,22,24). The maximum atomic E-state index is 12.3. The third kappa shape index (κ3) is 5.88. The molecular formula is C20H23BrN2O2S. The van der Waals surface area contributed by atoms with E-state index in [2.05, 4.69) is 21.2 Å². The summed E-state index contributed by atoms with van der Waals surface area (Å²) in [5.74, 6) is 0.0421. The number of aryl methyl sites for hydroxylation is 2. The Bertz CT molecular complexity index is 795. The molecule has 0 saturated carbocycles. The van der Waals surface area contributed by atoms with E-state index in [4.69, 9.17) is 0 Å². The van der Waals surface area contributed by atoms with Gasteiger partial charge in [0.2, 0.25) is 11.8 Å². The summed E-state index contributed by atoms with van der Waals surface area (Å²) in [5.41, 5.74) is 3.01. The summed E-state index contributed by atoms with van der Waals surface area (Å²) in [4.78, 5) is 27.1. The van der Waals surface area contributed by atoms with Gasteiger partial charge in [0.25, 0.3) is 0 Å². The minimum absolute atomic E-state index is 0.0385. The van der Waals surface area contributed by atoms with Crippen LogP contribution in [0.25, 0.3) is 0 Å². The van der Waals surface area contributed by atoms with Gasteiger partial charge in [-0.1, -0.05) is 41.1 Å². The van der Waals surface area contributed by atoms with Gasteiger partial charge in [-0.25, -0.2) is 0 Å². The number of para-hydroxylation sites is 1. The number of rotatable bonds is 7. The van der Waals surface area contributed by atoms with E-state index in [1.54, 1.807) is 7.05 Å². The van der Waals surface area contributed by atoms with Crippen LogP contribution in [0.2, 0.25) is 0 Å². The lowest BCUT2D eigenvalue weighted by Gasteiger charge is -2.17. The molecule has 0 aliphatic rings.